The second-order valence-electron chi connectivity index (χ2n) is 14.7. The number of nitriles is 1. The van der Waals surface area contributed by atoms with E-state index in [-0.39, 0.29) is 24.7 Å². The monoisotopic (exact) mass is 1000 g/mol. The third-order valence-corrected chi connectivity index (χ3v) is 12.1. The van der Waals surface area contributed by atoms with Crippen LogP contribution in [0.25, 0.3) is 21.1 Å². The smallest absolute Gasteiger partial charge is 0.417 e. The van der Waals surface area contributed by atoms with Crippen LogP contribution in [0.4, 0.5) is 52.7 Å². The number of aromatic nitrogens is 2. The second-order valence-corrected chi connectivity index (χ2v) is 16.9. The quantitative estimate of drug-likeness (QED) is 0.0345. The largest absolute Gasteiger partial charge is 0.488 e. The van der Waals surface area contributed by atoms with Crippen LogP contribution in [0.2, 0.25) is 0 Å². The third kappa shape index (κ3) is 13.9. The van der Waals surface area contributed by atoms with E-state index in [1.54, 1.807) is 0 Å². The molecule has 22 heteroatoms. The maximum Gasteiger partial charge on any atom is 0.417 e. The molecule has 0 bridgehead atoms. The minimum absolute atomic E-state index is 0.0488. The highest BCUT2D eigenvalue weighted by Crippen LogP contribution is 2.39. The summed E-state index contributed by atoms with van der Waals surface area (Å²) in [5.74, 6) is -0.820. The predicted molar refractivity (Wildman–Crippen MR) is 231 cm³/mol. The number of thiazole rings is 2. The van der Waals surface area contributed by atoms with Gasteiger partial charge in [0.15, 0.2) is 5.84 Å². The summed E-state index contributed by atoms with van der Waals surface area (Å²) in [7, 11) is 0. The Kier molecular flexibility index (Phi) is 17.2. The number of alkyl halides is 12. The molecule has 6 rings (SSSR count). The number of hydrogen-bond acceptors (Lipinski definition) is 9. The fourth-order valence-corrected chi connectivity index (χ4v) is 8.34. The van der Waals surface area contributed by atoms with E-state index >= 15 is 0 Å². The normalized spacial score (nSPS) is 12.3. The number of oxime groups is 1. The van der Waals surface area contributed by atoms with Crippen molar-refractivity contribution in [2.24, 2.45) is 10.9 Å². The molecule has 0 aliphatic rings. The molecule has 0 atom stereocenters. The van der Waals surface area contributed by atoms with Crippen LogP contribution in [0.3, 0.4) is 0 Å². The first-order valence-electron chi connectivity index (χ1n) is 20.3. The molecular formula is C46H39F12N5O3S2. The van der Waals surface area contributed by atoms with E-state index in [2.05, 4.69) is 15.1 Å². The number of halogens is 12. The number of aryl methyl sites for hydroxylation is 2. The Morgan fingerprint density at radius 1 is 0.618 bits per heavy atom. The maximum atomic E-state index is 13.5. The summed E-state index contributed by atoms with van der Waals surface area (Å²) in [6, 6.07) is 17.0. The molecule has 4 aromatic carbocycles. The van der Waals surface area contributed by atoms with Crippen LogP contribution in [-0.2, 0) is 50.8 Å². The lowest BCUT2D eigenvalue weighted by atomic mass is 10.1. The highest BCUT2D eigenvalue weighted by molar-refractivity contribution is 7.15. The Bertz CT molecular complexity index is 2700. The average molecular weight is 1000 g/mol. The molecule has 0 unspecified atom stereocenters. The maximum absolute atomic E-state index is 13.5. The van der Waals surface area contributed by atoms with Gasteiger partial charge in [-0.1, -0.05) is 56.1 Å². The zero-order chi connectivity index (χ0) is 50.0. The van der Waals surface area contributed by atoms with Gasteiger partial charge in [-0.3, -0.25) is 0 Å². The standard InChI is InChI=1S/C23H21F6N3O2S.C23H18F6N2OS/c1-2-3-4-18-19(35-21(31-18)13-5-7-14(8-6-13)22(24,25)26)12-34-15-9-10-16(20(30)32-33)17(11-15)23(27,28)29;1-2-3-4-19-20(13-32-17-10-7-15(12-30)18(11-17)23(27,28)29)33-21(31-19)14-5-8-16(9-6-14)22(24,25)26/h5-11,33H,2-4,12H2,1H3,(H2,30,32);5-11H,2-4,13H2,1H3. The molecule has 2 aromatic heterocycles. The number of amidine groups is 1. The van der Waals surface area contributed by atoms with Crippen molar-refractivity contribution in [1.82, 2.24) is 9.97 Å². The number of unbranched alkanes of at least 4 members (excludes halogenated alkanes) is 2. The molecule has 0 saturated heterocycles. The van der Waals surface area contributed by atoms with Gasteiger partial charge in [0.2, 0.25) is 0 Å². The van der Waals surface area contributed by atoms with E-state index in [0.29, 0.717) is 55.1 Å². The van der Waals surface area contributed by atoms with Crippen molar-refractivity contribution in [1.29, 1.82) is 5.26 Å². The van der Waals surface area contributed by atoms with E-state index in [1.165, 1.54) is 65.1 Å². The fraction of sp³-hybridized carbons (Fsp3) is 0.304. The van der Waals surface area contributed by atoms with Crippen LogP contribution < -0.4 is 15.2 Å². The van der Waals surface area contributed by atoms with Crippen LogP contribution in [0.5, 0.6) is 11.5 Å². The summed E-state index contributed by atoms with van der Waals surface area (Å²) in [6.07, 6.45) is -13.8. The van der Waals surface area contributed by atoms with Gasteiger partial charge in [0.1, 0.15) is 34.7 Å². The van der Waals surface area contributed by atoms with Crippen LogP contribution in [0.15, 0.2) is 90.1 Å². The fourth-order valence-electron chi connectivity index (χ4n) is 6.29. The summed E-state index contributed by atoms with van der Waals surface area (Å²) in [5.41, 5.74) is 3.01. The summed E-state index contributed by atoms with van der Waals surface area (Å²) >= 11 is 2.43. The number of rotatable bonds is 15. The Balaban J connectivity index is 0.000000255. The zero-order valence-corrected chi connectivity index (χ0v) is 37.4. The van der Waals surface area contributed by atoms with Crippen molar-refractivity contribution >= 4 is 28.5 Å². The minimum Gasteiger partial charge on any atom is -0.488 e. The Labute approximate surface area is 389 Å². The number of ether oxygens (including phenoxy) is 2. The average Bonchev–Trinajstić information content (AvgIpc) is 3.91. The minimum atomic E-state index is -4.77. The lowest BCUT2D eigenvalue weighted by Gasteiger charge is -2.14. The molecular weight excluding hydrogens is 963 g/mol. The Morgan fingerprint density at radius 3 is 1.40 bits per heavy atom. The highest BCUT2D eigenvalue weighted by Gasteiger charge is 2.36. The molecule has 0 aliphatic carbocycles. The molecule has 6 aromatic rings. The van der Waals surface area contributed by atoms with Crippen molar-refractivity contribution < 1.29 is 67.4 Å². The van der Waals surface area contributed by atoms with Crippen LogP contribution in [0, 0.1) is 11.3 Å². The van der Waals surface area contributed by atoms with E-state index in [0.717, 1.165) is 74.2 Å². The molecule has 0 aliphatic heterocycles. The topological polar surface area (TPSA) is 127 Å². The number of hydrogen-bond donors (Lipinski definition) is 2. The van der Waals surface area contributed by atoms with Crippen molar-refractivity contribution in [2.75, 3.05) is 0 Å². The van der Waals surface area contributed by atoms with Crippen molar-refractivity contribution in [3.05, 3.63) is 139 Å². The van der Waals surface area contributed by atoms with E-state index in [4.69, 9.17) is 25.7 Å². The van der Waals surface area contributed by atoms with E-state index in [9.17, 15) is 52.7 Å². The first kappa shape index (κ1) is 52.6. The molecule has 68 heavy (non-hydrogen) atoms. The van der Waals surface area contributed by atoms with Gasteiger partial charge in [-0.25, -0.2) is 9.97 Å². The number of nitrogens with two attached hydrogens (primary N) is 1. The SMILES string of the molecule is CCCCc1nc(-c2ccc(C(F)(F)F)cc2)sc1COc1ccc(C#N)c(C(F)(F)F)c1.CCCCc1nc(-c2ccc(C(F)(F)F)cc2)sc1COc1ccc(C(N)=NO)c(C(F)(F)F)c1. The Hall–Kier alpha value is -6.34. The molecule has 362 valence electrons. The molecule has 0 saturated carbocycles. The number of nitrogens with zero attached hydrogens (tertiary/aromatic N) is 4. The molecule has 3 N–H and O–H groups in total. The predicted octanol–water partition coefficient (Wildman–Crippen LogP) is 14.5. The van der Waals surface area contributed by atoms with Gasteiger partial charge >= 0.3 is 24.7 Å². The molecule has 0 spiro atoms. The first-order valence-corrected chi connectivity index (χ1v) is 22.0. The van der Waals surface area contributed by atoms with Gasteiger partial charge in [-0.15, -0.1) is 22.7 Å². The molecule has 8 nitrogen and oxygen atoms in total. The van der Waals surface area contributed by atoms with Gasteiger partial charge in [0, 0.05) is 16.7 Å². The second kappa shape index (κ2) is 22.2. The van der Waals surface area contributed by atoms with Gasteiger partial charge < -0.3 is 20.4 Å². The first-order chi connectivity index (χ1) is 32.0. The number of benzene rings is 4. The van der Waals surface area contributed by atoms with E-state index in [1.807, 2.05) is 13.8 Å². The zero-order valence-electron chi connectivity index (χ0n) is 35.7. The lowest BCUT2D eigenvalue weighted by Crippen LogP contribution is -2.20. The molecule has 0 radical (unpaired) electrons. The summed E-state index contributed by atoms with van der Waals surface area (Å²) in [4.78, 5) is 10.4. The summed E-state index contributed by atoms with van der Waals surface area (Å²) < 4.78 is 168. The van der Waals surface area contributed by atoms with E-state index < -0.39 is 63.9 Å². The van der Waals surface area contributed by atoms with Crippen LogP contribution in [0.1, 0.15) is 94.1 Å². The van der Waals surface area contributed by atoms with Crippen LogP contribution >= 0.6 is 22.7 Å². The molecule has 0 amide bonds. The van der Waals surface area contributed by atoms with Crippen LogP contribution in [-0.4, -0.2) is 21.0 Å². The van der Waals surface area contributed by atoms with Gasteiger partial charge in [-0.05, 0) is 86.3 Å². The molecule has 2 heterocycles. The summed E-state index contributed by atoms with van der Waals surface area (Å²) in [6.45, 7) is 3.84. The highest BCUT2D eigenvalue weighted by atomic mass is 32.1. The van der Waals surface area contributed by atoms with Crippen molar-refractivity contribution in [3.63, 3.8) is 0 Å². The van der Waals surface area contributed by atoms with Gasteiger partial charge in [-0.2, -0.15) is 57.9 Å². The Morgan fingerprint density at radius 2 is 1.03 bits per heavy atom. The lowest BCUT2D eigenvalue weighted by molar-refractivity contribution is -0.138. The summed E-state index contributed by atoms with van der Waals surface area (Å²) in [5, 5.41) is 21.3. The van der Waals surface area contributed by atoms with Crippen molar-refractivity contribution in [2.45, 2.75) is 90.3 Å². The molecule has 0 fully saturated rings. The van der Waals surface area contributed by atoms with Gasteiger partial charge in [0.25, 0.3) is 0 Å². The third-order valence-electron chi connectivity index (χ3n) is 9.85. The van der Waals surface area contributed by atoms with Crippen molar-refractivity contribution in [3.8, 4) is 38.7 Å². The van der Waals surface area contributed by atoms with Gasteiger partial charge in [0.05, 0.1) is 55.0 Å².